The predicted molar refractivity (Wildman–Crippen MR) is 113 cm³/mol. The molecule has 148 valence electrons. The Hall–Kier alpha value is -3.02. The van der Waals surface area contributed by atoms with Crippen molar-refractivity contribution in [3.8, 4) is 11.4 Å². The second-order valence-electron chi connectivity index (χ2n) is 7.59. The maximum atomic E-state index is 9.20. The van der Waals surface area contributed by atoms with Gasteiger partial charge < -0.3 is 14.4 Å². The Balaban J connectivity index is 1.66. The van der Waals surface area contributed by atoms with Gasteiger partial charge in [-0.1, -0.05) is 78.8 Å². The van der Waals surface area contributed by atoms with Crippen LogP contribution in [0.15, 0.2) is 71.3 Å². The second kappa shape index (κ2) is 8.15. The second-order valence-corrected chi connectivity index (χ2v) is 7.59. The molecule has 1 unspecified atom stereocenters. The Bertz CT molecular complexity index is 1040. The first kappa shape index (κ1) is 19.3. The fraction of sp³-hybridized carbons (Fsp3) is 0.250. The molecule has 1 heterocycles. The smallest absolute Gasteiger partial charge is 0.254 e. The summed E-state index contributed by atoms with van der Waals surface area (Å²) in [4.78, 5) is 4.60. The van der Waals surface area contributed by atoms with E-state index in [-0.39, 0.29) is 12.0 Å². The number of methoxy groups -OCH3 is 1. The molecule has 0 fully saturated rings. The van der Waals surface area contributed by atoms with Crippen molar-refractivity contribution in [2.75, 3.05) is 13.7 Å². The first-order valence-corrected chi connectivity index (χ1v) is 9.63. The number of hydrogen-bond acceptors (Lipinski definition) is 5. The molecule has 4 rings (SSSR count). The van der Waals surface area contributed by atoms with Crippen LogP contribution in [-0.2, 0) is 11.3 Å². The summed E-state index contributed by atoms with van der Waals surface area (Å²) in [6.45, 7) is 2.81. The van der Waals surface area contributed by atoms with Gasteiger partial charge in [-0.05, 0) is 23.1 Å². The minimum Gasteiger partial charge on any atom is -0.392 e. The summed E-state index contributed by atoms with van der Waals surface area (Å²) in [5.74, 6) is 1.06. The van der Waals surface area contributed by atoms with Crippen LogP contribution in [0.2, 0.25) is 0 Å². The zero-order valence-corrected chi connectivity index (χ0v) is 16.6. The van der Waals surface area contributed by atoms with Gasteiger partial charge in [0.05, 0.1) is 13.2 Å². The normalized spacial score (nSPS) is 19.0. The van der Waals surface area contributed by atoms with Crippen LogP contribution in [0.25, 0.3) is 22.5 Å². The first-order valence-electron chi connectivity index (χ1n) is 9.63. The summed E-state index contributed by atoms with van der Waals surface area (Å²) < 4.78 is 11.1. The van der Waals surface area contributed by atoms with Crippen LogP contribution in [0.1, 0.15) is 30.4 Å². The van der Waals surface area contributed by atoms with E-state index in [1.165, 1.54) is 11.1 Å². The van der Waals surface area contributed by atoms with Gasteiger partial charge in [0.2, 0.25) is 5.82 Å². The molecular formula is C24H24N2O3. The number of aliphatic hydroxyl groups is 1. The average molecular weight is 388 g/mol. The van der Waals surface area contributed by atoms with E-state index in [1.54, 1.807) is 7.11 Å². The van der Waals surface area contributed by atoms with E-state index in [0.717, 1.165) is 23.1 Å². The third-order valence-electron chi connectivity index (χ3n) is 5.33. The molecule has 1 atom stereocenters. The van der Waals surface area contributed by atoms with Gasteiger partial charge >= 0.3 is 0 Å². The van der Waals surface area contributed by atoms with Crippen LogP contribution in [0.5, 0.6) is 0 Å². The molecule has 5 heteroatoms. The molecule has 1 aliphatic rings. The van der Waals surface area contributed by atoms with Crippen LogP contribution >= 0.6 is 0 Å². The van der Waals surface area contributed by atoms with Crippen LogP contribution in [0.3, 0.4) is 0 Å². The van der Waals surface area contributed by atoms with E-state index in [1.807, 2.05) is 30.3 Å². The Labute approximate surface area is 170 Å². The summed E-state index contributed by atoms with van der Waals surface area (Å²) >= 11 is 0. The molecule has 2 aromatic carbocycles. The maximum Gasteiger partial charge on any atom is 0.254 e. The van der Waals surface area contributed by atoms with E-state index in [4.69, 9.17) is 9.26 Å². The molecule has 29 heavy (non-hydrogen) atoms. The van der Waals surface area contributed by atoms with Crippen molar-refractivity contribution < 1.29 is 14.4 Å². The molecule has 1 aromatic heterocycles. The van der Waals surface area contributed by atoms with E-state index in [0.29, 0.717) is 18.3 Å². The van der Waals surface area contributed by atoms with Crippen molar-refractivity contribution in [1.82, 2.24) is 10.1 Å². The molecule has 0 saturated heterocycles. The Morgan fingerprint density at radius 3 is 2.48 bits per heavy atom. The highest BCUT2D eigenvalue weighted by molar-refractivity contribution is 5.80. The zero-order chi connectivity index (χ0) is 20.3. The van der Waals surface area contributed by atoms with Crippen molar-refractivity contribution >= 4 is 11.1 Å². The highest BCUT2D eigenvalue weighted by Gasteiger charge is 2.35. The summed E-state index contributed by atoms with van der Waals surface area (Å²) in [5, 5.41) is 13.3. The van der Waals surface area contributed by atoms with Gasteiger partial charge in [-0.2, -0.15) is 4.98 Å². The third kappa shape index (κ3) is 3.92. The van der Waals surface area contributed by atoms with E-state index >= 15 is 0 Å². The van der Waals surface area contributed by atoms with Crippen LogP contribution in [0, 0.1) is 5.41 Å². The highest BCUT2D eigenvalue weighted by atomic mass is 16.5. The minimum atomic E-state index is -0.197. The topological polar surface area (TPSA) is 68.4 Å². The number of nitrogens with zero attached hydrogens (tertiary/aromatic N) is 2. The van der Waals surface area contributed by atoms with Gasteiger partial charge in [0.1, 0.15) is 0 Å². The lowest BCUT2D eigenvalue weighted by Crippen LogP contribution is -2.27. The van der Waals surface area contributed by atoms with Gasteiger partial charge in [0, 0.05) is 23.7 Å². The van der Waals surface area contributed by atoms with Gasteiger partial charge in [0.15, 0.2) is 0 Å². The SMILES string of the molecule is COCC1(C)CC(c2nc(-c3ccc(CO)cc3)no2)=CC=C1c1ccccc1. The molecule has 0 bridgehead atoms. The number of ether oxygens (including phenoxy) is 1. The van der Waals surface area contributed by atoms with Gasteiger partial charge in [-0.25, -0.2) is 0 Å². The molecule has 0 aliphatic heterocycles. The van der Waals surface area contributed by atoms with Crippen molar-refractivity contribution in [1.29, 1.82) is 0 Å². The van der Waals surface area contributed by atoms with Crippen molar-refractivity contribution in [3.63, 3.8) is 0 Å². The molecule has 1 aliphatic carbocycles. The summed E-state index contributed by atoms with van der Waals surface area (Å²) in [7, 11) is 1.73. The molecule has 0 amide bonds. The molecular weight excluding hydrogens is 364 g/mol. The van der Waals surface area contributed by atoms with Crippen molar-refractivity contribution in [2.24, 2.45) is 5.41 Å². The lowest BCUT2D eigenvalue weighted by Gasteiger charge is -2.34. The predicted octanol–water partition coefficient (Wildman–Crippen LogP) is 4.75. The molecule has 0 saturated carbocycles. The van der Waals surface area contributed by atoms with Crippen molar-refractivity contribution in [3.05, 3.63) is 83.8 Å². The van der Waals surface area contributed by atoms with E-state index < -0.39 is 0 Å². The minimum absolute atomic E-state index is 0.0127. The number of aliphatic hydroxyl groups excluding tert-OH is 1. The number of allylic oxidation sites excluding steroid dienone is 3. The van der Waals surface area contributed by atoms with E-state index in [2.05, 4.69) is 53.5 Å². The highest BCUT2D eigenvalue weighted by Crippen LogP contribution is 2.45. The molecule has 1 N–H and O–H groups in total. The number of benzene rings is 2. The average Bonchev–Trinajstić information content (AvgIpc) is 3.25. The largest absolute Gasteiger partial charge is 0.392 e. The number of hydrogen-bond donors (Lipinski definition) is 1. The van der Waals surface area contributed by atoms with Crippen LogP contribution < -0.4 is 0 Å². The zero-order valence-electron chi connectivity index (χ0n) is 16.6. The quantitative estimate of drug-likeness (QED) is 0.660. The summed E-state index contributed by atoms with van der Waals surface area (Å²) in [6, 6.07) is 17.9. The summed E-state index contributed by atoms with van der Waals surface area (Å²) in [5.41, 5.74) is 4.93. The molecule has 5 nitrogen and oxygen atoms in total. The standard InChI is InChI=1S/C24H24N2O3/c1-24(16-28-2)14-20(12-13-21(24)18-6-4-3-5-7-18)23-25-22(26-29-23)19-10-8-17(15-27)9-11-19/h3-13,27H,14-16H2,1-2H3. The van der Waals surface area contributed by atoms with Crippen LogP contribution in [-0.4, -0.2) is 29.0 Å². The fourth-order valence-electron chi connectivity index (χ4n) is 3.85. The Kier molecular flexibility index (Phi) is 5.43. The van der Waals surface area contributed by atoms with Crippen LogP contribution in [0.4, 0.5) is 0 Å². The lowest BCUT2D eigenvalue weighted by atomic mass is 9.71. The Morgan fingerprint density at radius 2 is 1.79 bits per heavy atom. The first-order chi connectivity index (χ1) is 14.1. The number of aromatic nitrogens is 2. The molecule has 0 radical (unpaired) electrons. The Morgan fingerprint density at radius 1 is 1.03 bits per heavy atom. The number of rotatable bonds is 6. The third-order valence-corrected chi connectivity index (χ3v) is 5.33. The van der Waals surface area contributed by atoms with Crippen molar-refractivity contribution in [2.45, 2.75) is 20.0 Å². The van der Waals surface area contributed by atoms with Gasteiger partial charge in [-0.3, -0.25) is 0 Å². The molecule has 3 aromatic rings. The molecule has 0 spiro atoms. The van der Waals surface area contributed by atoms with Gasteiger partial charge in [-0.15, -0.1) is 0 Å². The maximum absolute atomic E-state index is 9.20. The fourth-order valence-corrected chi connectivity index (χ4v) is 3.85. The van der Waals surface area contributed by atoms with Gasteiger partial charge in [0.25, 0.3) is 5.89 Å². The monoisotopic (exact) mass is 388 g/mol. The lowest BCUT2D eigenvalue weighted by molar-refractivity contribution is 0.129. The van der Waals surface area contributed by atoms with E-state index in [9.17, 15) is 5.11 Å². The summed E-state index contributed by atoms with van der Waals surface area (Å²) in [6.07, 6.45) is 4.94.